The van der Waals surface area contributed by atoms with Crippen LogP contribution in [0.5, 0.6) is 0 Å². The summed E-state index contributed by atoms with van der Waals surface area (Å²) in [6.45, 7) is 0. The van der Waals surface area contributed by atoms with E-state index in [2.05, 4.69) is 0 Å². The van der Waals surface area contributed by atoms with Gasteiger partial charge >= 0.3 is 85.3 Å². The molecule has 0 aliphatic carbocycles. The van der Waals surface area contributed by atoms with E-state index in [4.69, 9.17) is 0 Å². The first-order chi connectivity index (χ1) is 0. The normalized spacial score (nSPS) is 0. The van der Waals surface area contributed by atoms with Gasteiger partial charge in [0.1, 0.15) is 0 Å². The number of hydrogen-bond donors (Lipinski definition) is 0. The molecule has 0 rings (SSSR count). The summed E-state index contributed by atoms with van der Waals surface area (Å²) in [7, 11) is 0. The van der Waals surface area contributed by atoms with E-state index < -0.39 is 0 Å². The van der Waals surface area contributed by atoms with E-state index in [1.807, 2.05) is 0 Å². The van der Waals surface area contributed by atoms with Gasteiger partial charge in [-0.25, -0.2) is 0 Å². The molecular weight excluding hydrogens is 378 g/mol. The summed E-state index contributed by atoms with van der Waals surface area (Å²) in [6.07, 6.45) is 0. The predicted octanol–water partition coefficient (Wildman–Crippen LogP) is 0.327. The smallest absolute Gasteiger partial charge is 2.00 e. The molecular formula is Cu5N2O2. The van der Waals surface area contributed by atoms with Gasteiger partial charge in [0.2, 0.25) is 0 Å². The summed E-state index contributed by atoms with van der Waals surface area (Å²) in [5, 5.41) is 0. The molecule has 9 heteroatoms. The van der Waals surface area contributed by atoms with Crippen molar-refractivity contribution in [1.82, 2.24) is 0 Å². The van der Waals surface area contributed by atoms with Crippen LogP contribution in [0, 0.1) is 0 Å². The number of rotatable bonds is 0. The Bertz CT molecular complexity index is 12.9. The number of hydrogen-bond acceptors (Lipinski definition) is 0. The molecule has 0 saturated heterocycles. The molecule has 0 bridgehead atoms. The van der Waals surface area contributed by atoms with Gasteiger partial charge in [0.15, 0.2) is 0 Å². The van der Waals surface area contributed by atoms with Gasteiger partial charge in [0.25, 0.3) is 0 Å². The van der Waals surface area contributed by atoms with Crippen LogP contribution in [0.2, 0.25) is 0 Å². The summed E-state index contributed by atoms with van der Waals surface area (Å²) in [5.41, 5.74) is 0. The van der Waals surface area contributed by atoms with Crippen LogP contribution in [-0.2, 0) is 96.3 Å². The zero-order chi connectivity index (χ0) is 0. The van der Waals surface area contributed by atoms with Crippen LogP contribution in [0.1, 0.15) is 0 Å². The average molecular weight is 378 g/mol. The van der Waals surface area contributed by atoms with E-state index in [9.17, 15) is 0 Å². The summed E-state index contributed by atoms with van der Waals surface area (Å²) < 4.78 is 0. The molecule has 4 nitrogen and oxygen atoms in total. The standard InChI is InChI=1S/5Cu.2N.2O/q5*+2;2*-3;2*-2. The third-order valence-electron chi connectivity index (χ3n) is 0. The average Bonchev–Trinajstić information content (AvgIpc) is 0. The Kier molecular flexibility index (Phi) is 3650. The van der Waals surface area contributed by atoms with Crippen molar-refractivity contribution in [1.29, 1.82) is 0 Å². The second-order valence-electron chi connectivity index (χ2n) is 0. The maximum Gasteiger partial charge on any atom is 2.00 e. The molecule has 0 fully saturated rings. The fraction of sp³-hybridized carbons (Fsp3) is 0. The Morgan fingerprint density at radius 1 is 0.333 bits per heavy atom. The van der Waals surface area contributed by atoms with Crippen molar-refractivity contribution < 1.29 is 96.3 Å². The van der Waals surface area contributed by atoms with Gasteiger partial charge in [-0.05, 0) is 0 Å². The molecule has 0 aromatic heterocycles. The monoisotopic (exact) mass is 375 g/mol. The molecule has 0 aliphatic rings. The molecule has 77 valence electrons. The van der Waals surface area contributed by atoms with Crippen LogP contribution in [0.25, 0.3) is 12.3 Å². The number of nitrogens with zero attached hydrogens (tertiary/aromatic N) is 2. The van der Waals surface area contributed by atoms with E-state index in [1.165, 1.54) is 0 Å². The maximum atomic E-state index is 0. The molecule has 0 spiro atoms. The topological polar surface area (TPSA) is 118 Å². The molecule has 5 radical (unpaired) electrons. The third kappa shape index (κ3) is 125. The Labute approximate surface area is 108 Å². The Balaban J connectivity index is 0. The quantitative estimate of drug-likeness (QED) is 0.541. The molecule has 0 aromatic rings. The minimum Gasteiger partial charge on any atom is -3.00 e. The zero-order valence-corrected chi connectivity index (χ0v) is 7.93. The molecule has 0 unspecified atom stereocenters. The zero-order valence-electron chi connectivity index (χ0n) is 3.22. The van der Waals surface area contributed by atoms with Gasteiger partial charge in [-0.15, -0.1) is 0 Å². The molecule has 0 aliphatic heterocycles. The Morgan fingerprint density at radius 3 is 0.333 bits per heavy atom. The van der Waals surface area contributed by atoms with Crippen molar-refractivity contribution in [3.05, 3.63) is 12.3 Å². The van der Waals surface area contributed by atoms with Gasteiger partial charge in [-0.1, -0.05) is 0 Å². The molecule has 0 saturated carbocycles. The second-order valence-corrected chi connectivity index (χ2v) is 0. The van der Waals surface area contributed by atoms with Gasteiger partial charge in [-0.3, -0.25) is 0 Å². The second kappa shape index (κ2) is 156. The maximum absolute atomic E-state index is 0. The SMILES string of the molecule is [Cu+2].[Cu+2].[Cu+2].[Cu+2].[Cu+2].[N-3].[N-3].[O-2].[O-2]. The first-order valence-electron chi connectivity index (χ1n) is 0. The van der Waals surface area contributed by atoms with Crippen molar-refractivity contribution in [3.63, 3.8) is 0 Å². The van der Waals surface area contributed by atoms with E-state index >= 15 is 0 Å². The first kappa shape index (κ1) is 210. The van der Waals surface area contributed by atoms with E-state index in [-0.39, 0.29) is 109 Å². The predicted molar refractivity (Wildman–Crippen MR) is 8.09 cm³/mol. The molecule has 0 aromatic carbocycles. The third-order valence-corrected chi connectivity index (χ3v) is 0. The molecule has 0 amide bonds. The summed E-state index contributed by atoms with van der Waals surface area (Å²) in [4.78, 5) is 0. The van der Waals surface area contributed by atoms with Crippen molar-refractivity contribution in [2.24, 2.45) is 0 Å². The Morgan fingerprint density at radius 2 is 0.333 bits per heavy atom. The molecule has 0 N–H and O–H groups in total. The van der Waals surface area contributed by atoms with Gasteiger partial charge in [-0.2, -0.15) is 0 Å². The van der Waals surface area contributed by atoms with E-state index in [0.29, 0.717) is 0 Å². The van der Waals surface area contributed by atoms with Crippen LogP contribution in [0.4, 0.5) is 0 Å². The fourth-order valence-corrected chi connectivity index (χ4v) is 0. The van der Waals surface area contributed by atoms with Crippen molar-refractivity contribution >= 4 is 0 Å². The molecule has 0 heterocycles. The molecule has 0 atom stereocenters. The summed E-state index contributed by atoms with van der Waals surface area (Å²) in [5.74, 6) is 0. The minimum absolute atomic E-state index is 0. The van der Waals surface area contributed by atoms with Crippen LogP contribution >= 0.6 is 0 Å². The van der Waals surface area contributed by atoms with Crippen LogP contribution < -0.4 is 0 Å². The Hall–Kier alpha value is 2.44. The van der Waals surface area contributed by atoms with Gasteiger partial charge in [0.05, 0.1) is 0 Å². The van der Waals surface area contributed by atoms with Crippen LogP contribution in [0.15, 0.2) is 0 Å². The molecule has 9 heavy (non-hydrogen) atoms. The minimum atomic E-state index is 0. The largest absolute Gasteiger partial charge is 3.00 e. The van der Waals surface area contributed by atoms with Crippen LogP contribution in [0.3, 0.4) is 0 Å². The fourth-order valence-electron chi connectivity index (χ4n) is 0. The van der Waals surface area contributed by atoms with Gasteiger partial charge in [0, 0.05) is 0 Å². The van der Waals surface area contributed by atoms with Crippen molar-refractivity contribution in [2.75, 3.05) is 0 Å². The van der Waals surface area contributed by atoms with Gasteiger partial charge < -0.3 is 23.3 Å². The van der Waals surface area contributed by atoms with Crippen molar-refractivity contribution in [3.8, 4) is 0 Å². The summed E-state index contributed by atoms with van der Waals surface area (Å²) >= 11 is 0. The first-order valence-corrected chi connectivity index (χ1v) is 0. The van der Waals surface area contributed by atoms with Crippen molar-refractivity contribution in [2.45, 2.75) is 0 Å². The van der Waals surface area contributed by atoms with E-state index in [1.54, 1.807) is 0 Å². The summed E-state index contributed by atoms with van der Waals surface area (Å²) in [6, 6.07) is 0. The van der Waals surface area contributed by atoms with E-state index in [0.717, 1.165) is 0 Å². The van der Waals surface area contributed by atoms with Crippen LogP contribution in [-0.4, -0.2) is 0 Å².